The number of benzene rings is 1. The van der Waals surface area contributed by atoms with E-state index in [1.807, 2.05) is 10.6 Å². The molecule has 122 valence electrons. The largest absolute Gasteiger partial charge is 0.492 e. The molecule has 0 spiro atoms. The van der Waals surface area contributed by atoms with E-state index < -0.39 is 0 Å². The highest BCUT2D eigenvalue weighted by Crippen LogP contribution is 2.40. The van der Waals surface area contributed by atoms with E-state index >= 15 is 0 Å². The van der Waals surface area contributed by atoms with Crippen molar-refractivity contribution >= 4 is 17.6 Å². The molecule has 7 heteroatoms. The van der Waals surface area contributed by atoms with Gasteiger partial charge in [-0.2, -0.15) is 0 Å². The first-order valence-corrected chi connectivity index (χ1v) is 8.61. The number of hydrogen-bond donors (Lipinski definition) is 0. The third-order valence-corrected chi connectivity index (χ3v) is 5.11. The van der Waals surface area contributed by atoms with Gasteiger partial charge in [-0.1, -0.05) is 6.07 Å². The zero-order valence-electron chi connectivity index (χ0n) is 13.4. The van der Waals surface area contributed by atoms with Gasteiger partial charge in [0.1, 0.15) is 18.4 Å². The Morgan fingerprint density at radius 2 is 2.25 bits per heavy atom. The molecule has 0 amide bonds. The summed E-state index contributed by atoms with van der Waals surface area (Å²) in [6.45, 7) is 4.76. The number of aromatic nitrogens is 4. The number of carbonyl (C=O) groups is 1. The summed E-state index contributed by atoms with van der Waals surface area (Å²) in [6.07, 6.45) is 3.35. The maximum Gasteiger partial charge on any atom is 0.193 e. The maximum atomic E-state index is 11.0. The highest BCUT2D eigenvalue weighted by molar-refractivity contribution is 7.15. The Bertz CT molecular complexity index is 913. The molecular formula is C17H16N4O2S. The summed E-state index contributed by atoms with van der Waals surface area (Å²) in [7, 11) is 0. The van der Waals surface area contributed by atoms with Crippen molar-refractivity contribution in [1.29, 1.82) is 0 Å². The predicted octanol–water partition coefficient (Wildman–Crippen LogP) is 3.40. The molecule has 0 bridgehead atoms. The minimum absolute atomic E-state index is 0.268. The molecule has 0 unspecified atom stereocenters. The number of fused-ring (bicyclic) bond motifs is 3. The Labute approximate surface area is 143 Å². The second kappa shape index (κ2) is 5.83. The van der Waals surface area contributed by atoms with E-state index in [2.05, 4.69) is 24.0 Å². The summed E-state index contributed by atoms with van der Waals surface area (Å²) in [5.41, 5.74) is 2.44. The van der Waals surface area contributed by atoms with E-state index in [0.717, 1.165) is 34.8 Å². The number of carbonyl (C=O) groups excluding carboxylic acids is 1. The molecule has 24 heavy (non-hydrogen) atoms. The van der Waals surface area contributed by atoms with Crippen LogP contribution >= 0.6 is 11.3 Å². The number of thiazole rings is 1. The number of nitrogens with zero attached hydrogens (tertiary/aromatic N) is 4. The first-order chi connectivity index (χ1) is 11.7. The fourth-order valence-corrected chi connectivity index (χ4v) is 3.83. The van der Waals surface area contributed by atoms with Gasteiger partial charge in [0.2, 0.25) is 0 Å². The lowest BCUT2D eigenvalue weighted by atomic mass is 10.1. The quantitative estimate of drug-likeness (QED) is 0.684. The van der Waals surface area contributed by atoms with Crippen molar-refractivity contribution in [3.05, 3.63) is 35.0 Å². The Morgan fingerprint density at radius 1 is 1.38 bits per heavy atom. The van der Waals surface area contributed by atoms with E-state index in [4.69, 9.17) is 9.72 Å². The third-order valence-electron chi connectivity index (χ3n) is 4.00. The standard InChI is InChI=1S/C17H16N4O2S/c1-10(2)21-9-18-20-16(21)17-19-15-12-4-3-11(8-22)7-13(12)23-6-5-14(15)24-17/h3-4,7-10H,5-6H2,1-2H3. The molecule has 3 aromatic rings. The van der Waals surface area contributed by atoms with Gasteiger partial charge < -0.3 is 9.30 Å². The van der Waals surface area contributed by atoms with Crippen LogP contribution in [0.25, 0.3) is 22.1 Å². The Morgan fingerprint density at radius 3 is 3.04 bits per heavy atom. The highest BCUT2D eigenvalue weighted by atomic mass is 32.1. The molecule has 4 rings (SSSR count). The van der Waals surface area contributed by atoms with Crippen molar-refractivity contribution in [1.82, 2.24) is 19.7 Å². The Hall–Kier alpha value is -2.54. The molecular weight excluding hydrogens is 324 g/mol. The summed E-state index contributed by atoms with van der Waals surface area (Å²) < 4.78 is 7.82. The van der Waals surface area contributed by atoms with Gasteiger partial charge in [-0.3, -0.25) is 4.79 Å². The topological polar surface area (TPSA) is 69.9 Å². The van der Waals surface area contributed by atoms with Crippen molar-refractivity contribution in [2.45, 2.75) is 26.3 Å². The van der Waals surface area contributed by atoms with Crippen LogP contribution in [0.1, 0.15) is 35.1 Å². The summed E-state index contributed by atoms with van der Waals surface area (Å²) in [5, 5.41) is 9.13. The molecule has 0 atom stereocenters. The highest BCUT2D eigenvalue weighted by Gasteiger charge is 2.23. The fraction of sp³-hybridized carbons (Fsp3) is 0.294. The molecule has 0 saturated heterocycles. The van der Waals surface area contributed by atoms with Gasteiger partial charge in [0.25, 0.3) is 0 Å². The molecule has 1 aromatic carbocycles. The van der Waals surface area contributed by atoms with Crippen LogP contribution in [-0.4, -0.2) is 32.6 Å². The van der Waals surface area contributed by atoms with Crippen LogP contribution in [0.4, 0.5) is 0 Å². The van der Waals surface area contributed by atoms with Crippen LogP contribution in [0, 0.1) is 0 Å². The minimum Gasteiger partial charge on any atom is -0.492 e. The molecule has 0 N–H and O–H groups in total. The second-order valence-corrected chi connectivity index (χ2v) is 7.00. The molecule has 2 aromatic heterocycles. The number of hydrogen-bond acceptors (Lipinski definition) is 6. The summed E-state index contributed by atoms with van der Waals surface area (Å²) >= 11 is 1.63. The van der Waals surface area contributed by atoms with Gasteiger partial charge in [0.15, 0.2) is 10.8 Å². The third kappa shape index (κ3) is 2.41. The van der Waals surface area contributed by atoms with E-state index in [0.29, 0.717) is 17.9 Å². The lowest BCUT2D eigenvalue weighted by Crippen LogP contribution is -2.01. The van der Waals surface area contributed by atoms with E-state index in [1.54, 1.807) is 29.8 Å². The second-order valence-electron chi connectivity index (χ2n) is 5.92. The van der Waals surface area contributed by atoms with Crippen molar-refractivity contribution in [3.63, 3.8) is 0 Å². The molecule has 0 fully saturated rings. The van der Waals surface area contributed by atoms with E-state index in [1.165, 1.54) is 4.88 Å². The lowest BCUT2D eigenvalue weighted by Gasteiger charge is -2.08. The summed E-state index contributed by atoms with van der Waals surface area (Å²) in [6, 6.07) is 5.73. The first kappa shape index (κ1) is 15.0. The molecule has 6 nitrogen and oxygen atoms in total. The lowest BCUT2D eigenvalue weighted by molar-refractivity contribution is 0.112. The van der Waals surface area contributed by atoms with Crippen molar-refractivity contribution in [2.24, 2.45) is 0 Å². The maximum absolute atomic E-state index is 11.0. The SMILES string of the molecule is CC(C)n1cnnc1-c1nc2c(s1)CCOc1cc(C=O)ccc1-2. The average Bonchev–Trinajstić information content (AvgIpc) is 3.18. The van der Waals surface area contributed by atoms with Crippen molar-refractivity contribution < 1.29 is 9.53 Å². The zero-order valence-corrected chi connectivity index (χ0v) is 14.2. The van der Waals surface area contributed by atoms with Gasteiger partial charge in [0, 0.05) is 28.5 Å². The molecule has 0 saturated carbocycles. The van der Waals surface area contributed by atoms with Gasteiger partial charge in [0.05, 0.1) is 12.3 Å². The number of ether oxygens (including phenoxy) is 1. The molecule has 1 aliphatic rings. The minimum atomic E-state index is 0.268. The monoisotopic (exact) mass is 340 g/mol. The van der Waals surface area contributed by atoms with Gasteiger partial charge >= 0.3 is 0 Å². The van der Waals surface area contributed by atoms with E-state index in [-0.39, 0.29) is 6.04 Å². The summed E-state index contributed by atoms with van der Waals surface area (Å²) in [4.78, 5) is 17.0. The Kier molecular flexibility index (Phi) is 3.65. The fourth-order valence-electron chi connectivity index (χ4n) is 2.78. The number of aldehydes is 1. The smallest absolute Gasteiger partial charge is 0.193 e. The molecule has 3 heterocycles. The zero-order chi connectivity index (χ0) is 16.7. The average molecular weight is 340 g/mol. The molecule has 1 aliphatic heterocycles. The Balaban J connectivity index is 1.85. The normalized spacial score (nSPS) is 13.1. The van der Waals surface area contributed by atoms with Crippen LogP contribution in [0.3, 0.4) is 0 Å². The van der Waals surface area contributed by atoms with Crippen molar-refractivity contribution in [2.75, 3.05) is 6.61 Å². The van der Waals surface area contributed by atoms with Gasteiger partial charge in [-0.05, 0) is 26.0 Å². The first-order valence-electron chi connectivity index (χ1n) is 7.79. The number of rotatable bonds is 3. The van der Waals surface area contributed by atoms with Crippen LogP contribution < -0.4 is 4.74 Å². The van der Waals surface area contributed by atoms with Crippen LogP contribution in [0.15, 0.2) is 24.5 Å². The van der Waals surface area contributed by atoms with E-state index in [9.17, 15) is 4.79 Å². The van der Waals surface area contributed by atoms with Crippen LogP contribution in [0.2, 0.25) is 0 Å². The van der Waals surface area contributed by atoms with Gasteiger partial charge in [-0.25, -0.2) is 4.98 Å². The van der Waals surface area contributed by atoms with Crippen LogP contribution in [0.5, 0.6) is 5.75 Å². The van der Waals surface area contributed by atoms with Gasteiger partial charge in [-0.15, -0.1) is 21.5 Å². The molecule has 0 radical (unpaired) electrons. The van der Waals surface area contributed by atoms with Crippen molar-refractivity contribution in [3.8, 4) is 27.8 Å². The predicted molar refractivity (Wildman–Crippen MR) is 91.5 cm³/mol. The summed E-state index contributed by atoms with van der Waals surface area (Å²) in [5.74, 6) is 1.50. The van der Waals surface area contributed by atoms with Crippen LogP contribution in [-0.2, 0) is 6.42 Å². The molecule has 0 aliphatic carbocycles.